The monoisotopic (exact) mass is 558 g/mol. The van der Waals surface area contributed by atoms with Crippen LogP contribution in [-0.4, -0.2) is 42.7 Å². The Balaban J connectivity index is 0.00000341. The summed E-state index contributed by atoms with van der Waals surface area (Å²) in [5, 5.41) is 3.24. The maximum atomic E-state index is 13.0. The van der Waals surface area contributed by atoms with Crippen LogP contribution in [0, 0.1) is 5.82 Å². The number of nitrogens with two attached hydrogens (primary N) is 1. The summed E-state index contributed by atoms with van der Waals surface area (Å²) >= 11 is 1.58. The fourth-order valence-corrected chi connectivity index (χ4v) is 3.97. The Morgan fingerprint density at radius 3 is 2.32 bits per heavy atom. The van der Waals surface area contributed by atoms with Crippen molar-refractivity contribution in [2.24, 2.45) is 10.7 Å². The molecule has 168 valence electrons. The van der Waals surface area contributed by atoms with Crippen molar-refractivity contribution in [1.29, 1.82) is 0 Å². The number of nitrogens with one attached hydrogen (secondary N) is 1. The third-order valence-electron chi connectivity index (χ3n) is 4.78. The maximum absolute atomic E-state index is 13.0. The number of hydrogen-bond donors (Lipinski definition) is 2. The predicted molar refractivity (Wildman–Crippen MR) is 132 cm³/mol. The van der Waals surface area contributed by atoms with Crippen LogP contribution in [0.1, 0.15) is 25.3 Å². The highest BCUT2D eigenvalue weighted by molar-refractivity contribution is 14.0. The van der Waals surface area contributed by atoms with Crippen molar-refractivity contribution in [3.05, 3.63) is 59.9 Å². The van der Waals surface area contributed by atoms with Crippen molar-refractivity contribution in [3.63, 3.8) is 0 Å². The van der Waals surface area contributed by atoms with Gasteiger partial charge in [0.25, 0.3) is 0 Å². The molecule has 1 saturated heterocycles. The minimum absolute atomic E-state index is 0. The molecule has 1 heterocycles. The van der Waals surface area contributed by atoms with Gasteiger partial charge in [-0.3, -0.25) is 0 Å². The Morgan fingerprint density at radius 1 is 1.16 bits per heavy atom. The zero-order chi connectivity index (χ0) is 21.3. The zero-order valence-electron chi connectivity index (χ0n) is 17.4. The third kappa shape index (κ3) is 8.21. The molecule has 0 bridgehead atoms. The van der Waals surface area contributed by atoms with E-state index in [0.717, 1.165) is 28.2 Å². The number of aliphatic imine (C=N–C) groups is 1. The molecule has 0 radical (unpaired) electrons. The number of carbonyl (C=O) groups excluding carboxylic acids is 1. The topological polar surface area (TPSA) is 80.0 Å². The minimum Gasteiger partial charge on any atom is -0.450 e. The Kier molecular flexibility index (Phi) is 10.4. The van der Waals surface area contributed by atoms with Crippen LogP contribution in [0.3, 0.4) is 0 Å². The molecule has 3 rings (SSSR count). The molecule has 0 atom stereocenters. The normalized spacial score (nSPS) is 14.6. The van der Waals surface area contributed by atoms with Crippen LogP contribution in [0.15, 0.2) is 63.3 Å². The summed E-state index contributed by atoms with van der Waals surface area (Å²) in [4.78, 5) is 20.0. The predicted octanol–water partition coefficient (Wildman–Crippen LogP) is 4.62. The van der Waals surface area contributed by atoms with Crippen LogP contribution < -0.4 is 11.1 Å². The van der Waals surface area contributed by atoms with Crippen LogP contribution in [-0.2, 0) is 11.3 Å². The van der Waals surface area contributed by atoms with E-state index in [0.29, 0.717) is 32.2 Å². The van der Waals surface area contributed by atoms with Crippen LogP contribution in [0.5, 0.6) is 0 Å². The minimum atomic E-state index is -0.251. The van der Waals surface area contributed by atoms with Crippen molar-refractivity contribution >= 4 is 47.8 Å². The van der Waals surface area contributed by atoms with Gasteiger partial charge in [-0.2, -0.15) is 0 Å². The van der Waals surface area contributed by atoms with Gasteiger partial charge in [0.15, 0.2) is 5.96 Å². The van der Waals surface area contributed by atoms with Crippen LogP contribution >= 0.6 is 35.7 Å². The lowest BCUT2D eigenvalue weighted by Crippen LogP contribution is -2.48. The number of amides is 1. The quantitative estimate of drug-likeness (QED) is 0.308. The molecule has 2 aromatic rings. The molecule has 3 N–H and O–H groups in total. The molecule has 1 fully saturated rings. The summed E-state index contributed by atoms with van der Waals surface area (Å²) in [5.41, 5.74) is 7.09. The number of guanidine groups is 1. The summed E-state index contributed by atoms with van der Waals surface area (Å²) in [6.07, 6.45) is 1.37. The number of nitrogens with zero attached hydrogens (tertiary/aromatic N) is 2. The van der Waals surface area contributed by atoms with Crippen LogP contribution in [0.4, 0.5) is 9.18 Å². The molecule has 0 unspecified atom stereocenters. The smallest absolute Gasteiger partial charge is 0.409 e. The van der Waals surface area contributed by atoms with E-state index in [4.69, 9.17) is 10.5 Å². The van der Waals surface area contributed by atoms with E-state index in [1.165, 1.54) is 12.1 Å². The van der Waals surface area contributed by atoms with Crippen LogP contribution in [0.25, 0.3) is 0 Å². The highest BCUT2D eigenvalue weighted by Gasteiger charge is 2.23. The van der Waals surface area contributed by atoms with E-state index in [2.05, 4.69) is 10.3 Å². The van der Waals surface area contributed by atoms with E-state index in [1.54, 1.807) is 35.7 Å². The van der Waals surface area contributed by atoms with Crippen molar-refractivity contribution in [2.45, 2.75) is 42.1 Å². The molecule has 31 heavy (non-hydrogen) atoms. The van der Waals surface area contributed by atoms with Gasteiger partial charge in [-0.15, -0.1) is 24.0 Å². The fourth-order valence-electron chi connectivity index (χ4n) is 3.15. The Bertz CT molecular complexity index is 857. The van der Waals surface area contributed by atoms with E-state index >= 15 is 0 Å². The summed E-state index contributed by atoms with van der Waals surface area (Å²) in [6, 6.07) is 14.7. The van der Waals surface area contributed by atoms with E-state index < -0.39 is 0 Å². The maximum Gasteiger partial charge on any atom is 0.409 e. The number of likely N-dealkylation sites (tertiary alicyclic amines) is 1. The largest absolute Gasteiger partial charge is 0.450 e. The lowest BCUT2D eigenvalue weighted by Gasteiger charge is -2.31. The summed E-state index contributed by atoms with van der Waals surface area (Å²) < 4.78 is 18.0. The van der Waals surface area contributed by atoms with Gasteiger partial charge in [-0.1, -0.05) is 23.9 Å². The fraction of sp³-hybridized carbons (Fsp3) is 0.364. The van der Waals surface area contributed by atoms with Gasteiger partial charge in [-0.05, 0) is 61.7 Å². The first kappa shape index (κ1) is 25.3. The molecule has 1 aliphatic heterocycles. The first-order valence-corrected chi connectivity index (χ1v) is 10.9. The summed E-state index contributed by atoms with van der Waals surface area (Å²) in [5.74, 6) is 0.178. The average Bonchev–Trinajstić information content (AvgIpc) is 2.75. The third-order valence-corrected chi connectivity index (χ3v) is 5.79. The highest BCUT2D eigenvalue weighted by Crippen LogP contribution is 2.27. The molecule has 1 aliphatic rings. The van der Waals surface area contributed by atoms with Crippen molar-refractivity contribution in [3.8, 4) is 0 Å². The van der Waals surface area contributed by atoms with E-state index in [9.17, 15) is 9.18 Å². The number of ether oxygens (including phenoxy) is 1. The van der Waals surface area contributed by atoms with Crippen molar-refractivity contribution in [2.75, 3.05) is 19.7 Å². The lowest BCUT2D eigenvalue weighted by molar-refractivity contribution is 0.0963. The number of piperidine rings is 1. The molecular weight excluding hydrogens is 530 g/mol. The first-order chi connectivity index (χ1) is 14.5. The molecule has 1 amide bonds. The van der Waals surface area contributed by atoms with E-state index in [1.807, 2.05) is 24.3 Å². The average molecular weight is 558 g/mol. The number of carbonyl (C=O) groups is 1. The Labute approximate surface area is 203 Å². The molecule has 0 saturated carbocycles. The first-order valence-electron chi connectivity index (χ1n) is 10.0. The second-order valence-electron chi connectivity index (χ2n) is 7.01. The molecule has 2 aromatic carbocycles. The number of hydrogen-bond acceptors (Lipinski definition) is 4. The second kappa shape index (κ2) is 12.7. The van der Waals surface area contributed by atoms with Gasteiger partial charge >= 0.3 is 6.09 Å². The number of halogens is 2. The SMILES string of the molecule is CCOC(=O)N1CCC(NC(N)=NCc2ccc(Sc3ccc(F)cc3)cc2)CC1.I. The van der Waals surface area contributed by atoms with Gasteiger partial charge in [0.05, 0.1) is 13.2 Å². The van der Waals surface area contributed by atoms with Crippen LogP contribution in [0.2, 0.25) is 0 Å². The molecule has 0 spiro atoms. The number of rotatable bonds is 6. The lowest BCUT2D eigenvalue weighted by atomic mass is 10.1. The standard InChI is InChI=1S/C22H27FN4O2S.HI/c1-2-29-22(28)27-13-11-18(12-14-27)26-21(24)25-15-16-3-7-19(8-4-16)30-20-9-5-17(23)6-10-20;/h3-10,18H,2,11-15H2,1H3,(H3,24,25,26);1H. The summed E-state index contributed by atoms with van der Waals surface area (Å²) in [7, 11) is 0. The second-order valence-corrected chi connectivity index (χ2v) is 8.15. The molecule has 0 aliphatic carbocycles. The molecular formula is C22H28FIN4O2S. The highest BCUT2D eigenvalue weighted by atomic mass is 127. The molecule has 6 nitrogen and oxygen atoms in total. The van der Waals surface area contributed by atoms with Gasteiger partial charge in [0.2, 0.25) is 0 Å². The summed E-state index contributed by atoms with van der Waals surface area (Å²) in [6.45, 7) is 3.99. The Hall–Kier alpha value is -2.01. The zero-order valence-corrected chi connectivity index (χ0v) is 20.6. The van der Waals surface area contributed by atoms with Gasteiger partial charge in [0, 0.05) is 28.9 Å². The van der Waals surface area contributed by atoms with Gasteiger partial charge in [-0.25, -0.2) is 14.2 Å². The number of benzene rings is 2. The van der Waals surface area contributed by atoms with Crippen molar-refractivity contribution in [1.82, 2.24) is 10.2 Å². The molecule has 0 aromatic heterocycles. The van der Waals surface area contributed by atoms with E-state index in [-0.39, 0.29) is 41.9 Å². The molecule has 9 heteroatoms. The Morgan fingerprint density at radius 2 is 1.74 bits per heavy atom. The van der Waals surface area contributed by atoms with Crippen molar-refractivity contribution < 1.29 is 13.9 Å². The van der Waals surface area contributed by atoms with Gasteiger partial charge in [0.1, 0.15) is 5.82 Å². The van der Waals surface area contributed by atoms with Gasteiger partial charge < -0.3 is 20.7 Å².